The van der Waals surface area contributed by atoms with E-state index in [-0.39, 0.29) is 29.0 Å². The van der Waals surface area contributed by atoms with Gasteiger partial charge in [0.25, 0.3) is 5.91 Å². The summed E-state index contributed by atoms with van der Waals surface area (Å²) in [7, 11) is 0. The van der Waals surface area contributed by atoms with Gasteiger partial charge in [0.15, 0.2) is 5.54 Å². The molecule has 4 rings (SSSR count). The first kappa shape index (κ1) is 16.3. The number of fused-ring (bicyclic) bond motifs is 5. The van der Waals surface area contributed by atoms with E-state index in [0.29, 0.717) is 0 Å². The minimum atomic E-state index is -1.88. The molecule has 0 aromatic heterocycles. The molecule has 0 fully saturated rings. The van der Waals surface area contributed by atoms with Gasteiger partial charge >= 0.3 is 11.9 Å². The van der Waals surface area contributed by atoms with E-state index in [0.717, 1.165) is 17.0 Å². The zero-order chi connectivity index (χ0) is 18.6. The summed E-state index contributed by atoms with van der Waals surface area (Å²) in [6.07, 6.45) is 0. The summed E-state index contributed by atoms with van der Waals surface area (Å²) in [6.45, 7) is 1.61. The number of hydrogen-bond acceptors (Lipinski definition) is 4. The van der Waals surface area contributed by atoms with Crippen LogP contribution in [0.1, 0.15) is 34.3 Å². The number of carboxylic acid groups (broad SMARTS) is 1. The lowest BCUT2D eigenvalue weighted by atomic mass is 9.77. The second-order valence-electron chi connectivity index (χ2n) is 6.15. The van der Waals surface area contributed by atoms with Crippen LogP contribution in [0.25, 0.3) is 0 Å². The molecule has 2 heterocycles. The van der Waals surface area contributed by atoms with Gasteiger partial charge < -0.3 is 9.84 Å². The molecule has 132 valence electrons. The van der Waals surface area contributed by atoms with Crippen molar-refractivity contribution in [2.45, 2.75) is 18.4 Å². The van der Waals surface area contributed by atoms with Crippen LogP contribution in [0.4, 0.5) is 10.1 Å². The minimum absolute atomic E-state index is 0.0157. The van der Waals surface area contributed by atoms with Crippen LogP contribution in [0.3, 0.4) is 0 Å². The Balaban J connectivity index is 2.10. The topological polar surface area (TPSA) is 83.9 Å². The second-order valence-corrected chi connectivity index (χ2v) is 6.15. The smallest absolute Gasteiger partial charge is 0.338 e. The van der Waals surface area contributed by atoms with Crippen molar-refractivity contribution < 1.29 is 28.6 Å². The van der Waals surface area contributed by atoms with E-state index in [4.69, 9.17) is 4.74 Å². The Kier molecular flexibility index (Phi) is 3.37. The standard InChI is InChI=1S/C19H14FNO5/c1-2-26-18(25)19-13-6-4-3-5-11(13)16(22)21(19)14-8-7-10(20)9-12(14)15(19)17(23)24/h3-9,15H,2H2,1H3,(H,23,24). The molecule has 26 heavy (non-hydrogen) atoms. The first-order valence-corrected chi connectivity index (χ1v) is 8.08. The van der Waals surface area contributed by atoms with Gasteiger partial charge in [-0.15, -0.1) is 0 Å². The molecule has 0 bridgehead atoms. The Morgan fingerprint density at radius 1 is 1.27 bits per heavy atom. The molecule has 2 aliphatic rings. The molecule has 7 heteroatoms. The largest absolute Gasteiger partial charge is 0.481 e. The maximum atomic E-state index is 13.8. The van der Waals surface area contributed by atoms with Gasteiger partial charge in [-0.3, -0.25) is 14.5 Å². The second kappa shape index (κ2) is 5.39. The maximum absolute atomic E-state index is 13.8. The van der Waals surface area contributed by atoms with Gasteiger partial charge in [0.1, 0.15) is 11.7 Å². The molecular weight excluding hydrogens is 341 g/mol. The lowest BCUT2D eigenvalue weighted by Crippen LogP contribution is -2.52. The van der Waals surface area contributed by atoms with Gasteiger partial charge in [-0.2, -0.15) is 0 Å². The normalized spacial score (nSPS) is 22.6. The predicted molar refractivity (Wildman–Crippen MR) is 88.3 cm³/mol. The molecular formula is C19H14FNO5. The van der Waals surface area contributed by atoms with Crippen molar-refractivity contribution in [3.63, 3.8) is 0 Å². The van der Waals surface area contributed by atoms with Crippen LogP contribution >= 0.6 is 0 Å². The van der Waals surface area contributed by atoms with E-state index in [1.165, 1.54) is 6.07 Å². The van der Waals surface area contributed by atoms with Crippen molar-refractivity contribution in [2.24, 2.45) is 0 Å². The number of carboxylic acids is 1. The Bertz CT molecular complexity index is 972. The molecule has 0 aliphatic carbocycles. The third-order valence-electron chi connectivity index (χ3n) is 4.92. The Labute approximate surface area is 147 Å². The quantitative estimate of drug-likeness (QED) is 0.855. The first-order chi connectivity index (χ1) is 12.4. The fourth-order valence-corrected chi connectivity index (χ4v) is 4.04. The van der Waals surface area contributed by atoms with Gasteiger partial charge in [0.2, 0.25) is 0 Å². The average molecular weight is 355 g/mol. The number of esters is 1. The number of anilines is 1. The number of rotatable bonds is 3. The summed E-state index contributed by atoms with van der Waals surface area (Å²) < 4.78 is 19.0. The molecule has 0 spiro atoms. The number of aliphatic carboxylic acids is 1. The average Bonchev–Trinajstić information content (AvgIpc) is 3.05. The zero-order valence-corrected chi connectivity index (χ0v) is 13.7. The highest BCUT2D eigenvalue weighted by Crippen LogP contribution is 2.58. The van der Waals surface area contributed by atoms with E-state index in [2.05, 4.69) is 0 Å². The summed E-state index contributed by atoms with van der Waals surface area (Å²) in [4.78, 5) is 39.4. The van der Waals surface area contributed by atoms with Crippen LogP contribution in [0.5, 0.6) is 0 Å². The van der Waals surface area contributed by atoms with Crippen LogP contribution in [0, 0.1) is 5.82 Å². The van der Waals surface area contributed by atoms with E-state index in [9.17, 15) is 23.9 Å². The van der Waals surface area contributed by atoms with E-state index >= 15 is 0 Å². The van der Waals surface area contributed by atoms with E-state index < -0.39 is 35.1 Å². The van der Waals surface area contributed by atoms with Crippen LogP contribution in [-0.4, -0.2) is 29.6 Å². The van der Waals surface area contributed by atoms with E-state index in [1.807, 2.05) is 0 Å². The Hall–Kier alpha value is -3.22. The molecule has 2 aromatic rings. The SMILES string of the molecule is CCOC(=O)C12c3ccccc3C(=O)N1c1ccc(F)cc1C2C(=O)O. The molecule has 6 nitrogen and oxygen atoms in total. The molecule has 0 radical (unpaired) electrons. The maximum Gasteiger partial charge on any atom is 0.338 e. The predicted octanol–water partition coefficient (Wildman–Crippen LogP) is 2.43. The number of carbonyl (C=O) groups excluding carboxylic acids is 2. The Morgan fingerprint density at radius 2 is 2.00 bits per heavy atom. The van der Waals surface area contributed by atoms with Crippen molar-refractivity contribution in [2.75, 3.05) is 11.5 Å². The monoisotopic (exact) mass is 355 g/mol. The molecule has 1 N–H and O–H groups in total. The van der Waals surface area contributed by atoms with Crippen LogP contribution in [-0.2, 0) is 19.9 Å². The summed E-state index contributed by atoms with van der Waals surface area (Å²) in [5.41, 5.74) is -1.11. The van der Waals surface area contributed by atoms with Gasteiger partial charge in [-0.1, -0.05) is 18.2 Å². The van der Waals surface area contributed by atoms with Crippen LogP contribution in [0.15, 0.2) is 42.5 Å². The number of ether oxygens (including phenoxy) is 1. The lowest BCUT2D eigenvalue weighted by molar-refractivity contribution is -0.155. The van der Waals surface area contributed by atoms with Crippen molar-refractivity contribution >= 4 is 23.5 Å². The summed E-state index contributed by atoms with van der Waals surface area (Å²) in [5, 5.41) is 9.92. The number of halogens is 1. The van der Waals surface area contributed by atoms with Crippen molar-refractivity contribution in [1.29, 1.82) is 0 Å². The summed E-state index contributed by atoms with van der Waals surface area (Å²) in [5.74, 6) is -4.81. The number of amides is 1. The molecule has 0 saturated heterocycles. The number of hydrogen-bond donors (Lipinski definition) is 1. The fraction of sp³-hybridized carbons (Fsp3) is 0.211. The third-order valence-corrected chi connectivity index (χ3v) is 4.92. The fourth-order valence-electron chi connectivity index (χ4n) is 4.04. The highest BCUT2D eigenvalue weighted by atomic mass is 19.1. The molecule has 0 saturated carbocycles. The number of benzene rings is 2. The van der Waals surface area contributed by atoms with Gasteiger partial charge in [0.05, 0.1) is 12.3 Å². The number of nitrogens with zero attached hydrogens (tertiary/aromatic N) is 1. The van der Waals surface area contributed by atoms with Gasteiger partial charge in [-0.05, 0) is 36.8 Å². The van der Waals surface area contributed by atoms with Crippen molar-refractivity contribution in [1.82, 2.24) is 0 Å². The van der Waals surface area contributed by atoms with Gasteiger partial charge in [0, 0.05) is 11.1 Å². The highest BCUT2D eigenvalue weighted by Gasteiger charge is 2.68. The summed E-state index contributed by atoms with van der Waals surface area (Å²) in [6, 6.07) is 9.86. The molecule has 2 unspecified atom stereocenters. The third kappa shape index (κ3) is 1.77. The first-order valence-electron chi connectivity index (χ1n) is 8.08. The van der Waals surface area contributed by atoms with Gasteiger partial charge in [-0.25, -0.2) is 9.18 Å². The van der Waals surface area contributed by atoms with Crippen molar-refractivity contribution in [3.8, 4) is 0 Å². The van der Waals surface area contributed by atoms with Crippen LogP contribution < -0.4 is 4.90 Å². The number of carbonyl (C=O) groups is 3. The Morgan fingerprint density at radius 3 is 2.69 bits per heavy atom. The highest BCUT2D eigenvalue weighted by molar-refractivity contribution is 6.21. The minimum Gasteiger partial charge on any atom is -0.481 e. The molecule has 2 aliphatic heterocycles. The molecule has 2 atom stereocenters. The molecule has 2 aromatic carbocycles. The van der Waals surface area contributed by atoms with Crippen molar-refractivity contribution in [3.05, 3.63) is 65.0 Å². The van der Waals surface area contributed by atoms with Crippen LogP contribution in [0.2, 0.25) is 0 Å². The summed E-state index contributed by atoms with van der Waals surface area (Å²) >= 11 is 0. The lowest BCUT2D eigenvalue weighted by Gasteiger charge is -2.33. The zero-order valence-electron chi connectivity index (χ0n) is 13.7. The molecule has 1 amide bonds. The van der Waals surface area contributed by atoms with E-state index in [1.54, 1.807) is 31.2 Å².